The molecule has 0 spiro atoms. The van der Waals surface area contributed by atoms with Crippen LogP contribution in [-0.4, -0.2) is 72.6 Å². The maximum absolute atomic E-state index is 12.6. The summed E-state index contributed by atoms with van der Waals surface area (Å²) in [5, 5.41) is 3.34. The predicted octanol–water partition coefficient (Wildman–Crippen LogP) is 1.94. The molecule has 7 heteroatoms. The fourth-order valence-corrected chi connectivity index (χ4v) is 3.68. The Morgan fingerprint density at radius 2 is 2.17 bits per heavy atom. The summed E-state index contributed by atoms with van der Waals surface area (Å²) in [5.74, 6) is 1.53. The normalized spacial score (nSPS) is 24.3. The Kier molecular flexibility index (Phi) is 8.25. The number of piperazine rings is 1. The van der Waals surface area contributed by atoms with E-state index < -0.39 is 0 Å². The summed E-state index contributed by atoms with van der Waals surface area (Å²) in [7, 11) is 0. The number of nitrogens with zero attached hydrogens (tertiary/aromatic N) is 3. The SMILES string of the molecule is CCNC(=NCC1CCOC1)N1CC(=O)N(C(C)C)C(C)(C)C1.I. The lowest BCUT2D eigenvalue weighted by molar-refractivity contribution is -0.145. The molecule has 0 aliphatic carbocycles. The van der Waals surface area contributed by atoms with Crippen LogP contribution in [0, 0.1) is 5.92 Å². The van der Waals surface area contributed by atoms with Crippen molar-refractivity contribution in [3.05, 3.63) is 0 Å². The lowest BCUT2D eigenvalue weighted by atomic mass is 9.96. The molecule has 6 nitrogen and oxygen atoms in total. The molecule has 24 heavy (non-hydrogen) atoms. The van der Waals surface area contributed by atoms with E-state index in [0.29, 0.717) is 12.5 Å². The lowest BCUT2D eigenvalue weighted by Gasteiger charge is -2.49. The van der Waals surface area contributed by atoms with Gasteiger partial charge in [0.1, 0.15) is 0 Å². The minimum atomic E-state index is -0.198. The highest BCUT2D eigenvalue weighted by Crippen LogP contribution is 2.24. The number of amides is 1. The summed E-state index contributed by atoms with van der Waals surface area (Å²) in [4.78, 5) is 21.5. The van der Waals surface area contributed by atoms with Gasteiger partial charge in [-0.3, -0.25) is 9.79 Å². The molecule has 2 aliphatic rings. The van der Waals surface area contributed by atoms with E-state index in [4.69, 9.17) is 9.73 Å². The summed E-state index contributed by atoms with van der Waals surface area (Å²) < 4.78 is 5.42. The van der Waals surface area contributed by atoms with E-state index in [2.05, 4.69) is 44.8 Å². The Hall–Kier alpha value is -0.570. The van der Waals surface area contributed by atoms with Gasteiger partial charge >= 0.3 is 0 Å². The van der Waals surface area contributed by atoms with Crippen LogP contribution in [0.15, 0.2) is 4.99 Å². The first-order valence-electron chi connectivity index (χ1n) is 8.78. The highest BCUT2D eigenvalue weighted by atomic mass is 127. The summed E-state index contributed by atoms with van der Waals surface area (Å²) in [6.07, 6.45) is 1.08. The van der Waals surface area contributed by atoms with E-state index >= 15 is 0 Å². The van der Waals surface area contributed by atoms with Crippen molar-refractivity contribution in [2.24, 2.45) is 10.9 Å². The van der Waals surface area contributed by atoms with Crippen molar-refractivity contribution >= 4 is 35.8 Å². The molecule has 2 heterocycles. The Morgan fingerprint density at radius 3 is 2.67 bits per heavy atom. The number of hydrogen-bond donors (Lipinski definition) is 1. The first kappa shape index (κ1) is 21.5. The average Bonchev–Trinajstić information content (AvgIpc) is 2.94. The minimum Gasteiger partial charge on any atom is -0.381 e. The largest absolute Gasteiger partial charge is 0.381 e. The van der Waals surface area contributed by atoms with Gasteiger partial charge in [0.2, 0.25) is 5.91 Å². The lowest BCUT2D eigenvalue weighted by Crippen LogP contribution is -2.66. The van der Waals surface area contributed by atoms with Crippen LogP contribution >= 0.6 is 24.0 Å². The molecule has 0 aromatic heterocycles. The molecule has 0 aromatic carbocycles. The maximum atomic E-state index is 12.6. The Labute approximate surface area is 163 Å². The number of rotatable bonds is 4. The Bertz CT molecular complexity index is 448. The predicted molar refractivity (Wildman–Crippen MR) is 108 cm³/mol. The molecule has 0 radical (unpaired) electrons. The van der Waals surface area contributed by atoms with Gasteiger partial charge in [-0.05, 0) is 41.0 Å². The fourth-order valence-electron chi connectivity index (χ4n) is 3.68. The van der Waals surface area contributed by atoms with Crippen molar-refractivity contribution in [3.8, 4) is 0 Å². The zero-order valence-electron chi connectivity index (χ0n) is 15.7. The second-order valence-corrected chi connectivity index (χ2v) is 7.45. The molecule has 0 bridgehead atoms. The molecule has 1 amide bonds. The third-order valence-corrected chi connectivity index (χ3v) is 4.50. The molecule has 2 aliphatic heterocycles. The van der Waals surface area contributed by atoms with Crippen LogP contribution in [0.3, 0.4) is 0 Å². The molecule has 2 rings (SSSR count). The van der Waals surface area contributed by atoms with Gasteiger partial charge in [0, 0.05) is 38.2 Å². The topological polar surface area (TPSA) is 57.2 Å². The number of halogens is 1. The van der Waals surface area contributed by atoms with Crippen molar-refractivity contribution < 1.29 is 9.53 Å². The van der Waals surface area contributed by atoms with Gasteiger partial charge in [0.05, 0.1) is 18.7 Å². The highest BCUT2D eigenvalue weighted by molar-refractivity contribution is 14.0. The van der Waals surface area contributed by atoms with Crippen LogP contribution in [-0.2, 0) is 9.53 Å². The molecule has 1 atom stereocenters. The first-order valence-corrected chi connectivity index (χ1v) is 8.78. The average molecular weight is 452 g/mol. The van der Waals surface area contributed by atoms with Crippen molar-refractivity contribution in [1.82, 2.24) is 15.1 Å². The third-order valence-electron chi connectivity index (χ3n) is 4.50. The number of nitrogens with one attached hydrogen (secondary N) is 1. The van der Waals surface area contributed by atoms with Gasteiger partial charge in [-0.2, -0.15) is 0 Å². The van der Waals surface area contributed by atoms with Crippen LogP contribution in [0.2, 0.25) is 0 Å². The molecular formula is C17H33IN4O2. The van der Waals surface area contributed by atoms with Crippen molar-refractivity contribution in [2.75, 3.05) is 39.4 Å². The van der Waals surface area contributed by atoms with E-state index in [1.54, 1.807) is 0 Å². The van der Waals surface area contributed by atoms with Gasteiger partial charge in [-0.1, -0.05) is 0 Å². The smallest absolute Gasteiger partial charge is 0.242 e. The number of ether oxygens (including phenoxy) is 1. The molecule has 2 fully saturated rings. The molecule has 140 valence electrons. The van der Waals surface area contributed by atoms with Gasteiger partial charge < -0.3 is 19.9 Å². The number of carbonyl (C=O) groups excluding carboxylic acids is 1. The Morgan fingerprint density at radius 1 is 1.46 bits per heavy atom. The van der Waals surface area contributed by atoms with Crippen LogP contribution in [0.4, 0.5) is 0 Å². The fraction of sp³-hybridized carbons (Fsp3) is 0.882. The molecule has 1 N–H and O–H groups in total. The number of guanidine groups is 1. The van der Waals surface area contributed by atoms with E-state index in [-0.39, 0.29) is 41.5 Å². The zero-order chi connectivity index (χ0) is 17.0. The van der Waals surface area contributed by atoms with Crippen molar-refractivity contribution in [3.63, 3.8) is 0 Å². The van der Waals surface area contributed by atoms with E-state index in [0.717, 1.165) is 45.2 Å². The quantitative estimate of drug-likeness (QED) is 0.403. The van der Waals surface area contributed by atoms with Crippen LogP contribution in [0.1, 0.15) is 41.0 Å². The summed E-state index contributed by atoms with van der Waals surface area (Å²) in [6.45, 7) is 14.9. The second-order valence-electron chi connectivity index (χ2n) is 7.45. The standard InChI is InChI=1S/C17H32N4O2.HI/c1-6-18-16(19-9-14-7-8-23-11-14)20-10-15(22)21(13(2)3)17(4,5)12-20;/h13-14H,6-12H2,1-5H3,(H,18,19);1H. The number of aliphatic imine (C=N–C) groups is 1. The molecule has 0 aromatic rings. The zero-order valence-corrected chi connectivity index (χ0v) is 18.0. The van der Waals surface area contributed by atoms with Crippen LogP contribution in [0.25, 0.3) is 0 Å². The van der Waals surface area contributed by atoms with Gasteiger partial charge in [0.25, 0.3) is 0 Å². The van der Waals surface area contributed by atoms with E-state index in [9.17, 15) is 4.79 Å². The monoisotopic (exact) mass is 452 g/mol. The highest BCUT2D eigenvalue weighted by Gasteiger charge is 2.40. The van der Waals surface area contributed by atoms with Crippen LogP contribution < -0.4 is 5.32 Å². The molecular weight excluding hydrogens is 419 g/mol. The van der Waals surface area contributed by atoms with Gasteiger partial charge in [0.15, 0.2) is 5.96 Å². The third kappa shape index (κ3) is 5.21. The molecule has 2 saturated heterocycles. The molecule has 1 unspecified atom stereocenters. The van der Waals surface area contributed by atoms with Crippen molar-refractivity contribution in [1.29, 1.82) is 0 Å². The second kappa shape index (κ2) is 9.22. The number of hydrogen-bond acceptors (Lipinski definition) is 3. The van der Waals surface area contributed by atoms with Gasteiger partial charge in [-0.15, -0.1) is 24.0 Å². The Balaban J connectivity index is 0.00000288. The van der Waals surface area contributed by atoms with Gasteiger partial charge in [-0.25, -0.2) is 0 Å². The summed E-state index contributed by atoms with van der Waals surface area (Å²) >= 11 is 0. The number of carbonyl (C=O) groups is 1. The molecule has 0 saturated carbocycles. The van der Waals surface area contributed by atoms with Crippen molar-refractivity contribution in [2.45, 2.75) is 52.6 Å². The summed E-state index contributed by atoms with van der Waals surface area (Å²) in [6, 6.07) is 0.217. The maximum Gasteiger partial charge on any atom is 0.242 e. The summed E-state index contributed by atoms with van der Waals surface area (Å²) in [5.41, 5.74) is -0.198. The van der Waals surface area contributed by atoms with E-state index in [1.807, 2.05) is 4.90 Å². The minimum absolute atomic E-state index is 0. The van der Waals surface area contributed by atoms with Crippen LogP contribution in [0.5, 0.6) is 0 Å². The first-order chi connectivity index (χ1) is 10.8. The van der Waals surface area contributed by atoms with E-state index in [1.165, 1.54) is 0 Å².